The molecule has 1 aromatic rings. The normalized spacial score (nSPS) is 27.5. The Hall–Kier alpha value is -1.26. The fourth-order valence-corrected chi connectivity index (χ4v) is 3.25. The minimum Gasteiger partial charge on any atom is -0.493 e. The molecule has 4 nitrogen and oxygen atoms in total. The van der Waals surface area contributed by atoms with Crippen LogP contribution < -0.4 is 15.2 Å². The van der Waals surface area contributed by atoms with Crippen LogP contribution in [0.2, 0.25) is 0 Å². The quantitative estimate of drug-likeness (QED) is 0.885. The van der Waals surface area contributed by atoms with Crippen molar-refractivity contribution < 1.29 is 9.47 Å². The molecule has 1 fully saturated rings. The Labute approximate surface area is 114 Å². The molecule has 2 aliphatic heterocycles. The number of hydrogen-bond donors (Lipinski definition) is 1. The first kappa shape index (κ1) is 12.8. The number of benzene rings is 1. The second kappa shape index (κ2) is 5.39. The van der Waals surface area contributed by atoms with Crippen molar-refractivity contribution in [3.63, 3.8) is 0 Å². The number of nitrogens with zero attached hydrogens (tertiary/aromatic N) is 1. The van der Waals surface area contributed by atoms with Crippen LogP contribution in [-0.2, 0) is 0 Å². The van der Waals surface area contributed by atoms with E-state index in [1.807, 2.05) is 12.1 Å². The fraction of sp³-hybridized carbons (Fsp3) is 0.600. The largest absolute Gasteiger partial charge is 0.493 e. The van der Waals surface area contributed by atoms with E-state index >= 15 is 0 Å². The van der Waals surface area contributed by atoms with Gasteiger partial charge in [0.2, 0.25) is 0 Å². The van der Waals surface area contributed by atoms with Crippen LogP contribution in [0, 0.1) is 0 Å². The molecule has 0 spiro atoms. The van der Waals surface area contributed by atoms with Crippen molar-refractivity contribution in [3.05, 3.63) is 23.8 Å². The molecule has 4 heteroatoms. The molecule has 0 bridgehead atoms. The first-order valence-corrected chi connectivity index (χ1v) is 7.10. The van der Waals surface area contributed by atoms with Crippen LogP contribution in [0.25, 0.3) is 0 Å². The number of fused-ring (bicyclic) bond motifs is 1. The highest BCUT2D eigenvalue weighted by Gasteiger charge is 2.34. The molecule has 1 saturated heterocycles. The zero-order valence-corrected chi connectivity index (χ0v) is 11.5. The summed E-state index contributed by atoms with van der Waals surface area (Å²) < 4.78 is 11.2. The molecule has 19 heavy (non-hydrogen) atoms. The smallest absolute Gasteiger partial charge is 0.166 e. The predicted octanol–water partition coefficient (Wildman–Crippen LogP) is 1.94. The summed E-state index contributed by atoms with van der Waals surface area (Å²) in [5, 5.41) is 0. The van der Waals surface area contributed by atoms with Gasteiger partial charge in [-0.2, -0.15) is 0 Å². The number of rotatable bonds is 2. The minimum atomic E-state index is 0.0395. The minimum absolute atomic E-state index is 0.0395. The summed E-state index contributed by atoms with van der Waals surface area (Å²) in [5.74, 6) is 1.69. The number of hydrogen-bond acceptors (Lipinski definition) is 4. The number of methoxy groups -OCH3 is 1. The van der Waals surface area contributed by atoms with Gasteiger partial charge in [-0.3, -0.25) is 4.90 Å². The molecule has 104 valence electrons. The Bertz CT molecular complexity index is 444. The van der Waals surface area contributed by atoms with Gasteiger partial charge in [0.25, 0.3) is 0 Å². The van der Waals surface area contributed by atoms with Crippen LogP contribution in [0.15, 0.2) is 18.2 Å². The SMILES string of the molecule is COc1cccc2c1OCC(N)C2N1CCCCC1. The van der Waals surface area contributed by atoms with Crippen LogP contribution in [0.1, 0.15) is 30.9 Å². The Balaban J connectivity index is 1.96. The third-order valence-corrected chi connectivity index (χ3v) is 4.16. The van der Waals surface area contributed by atoms with Crippen LogP contribution in [0.5, 0.6) is 11.5 Å². The molecule has 1 aromatic carbocycles. The Kier molecular flexibility index (Phi) is 3.62. The Morgan fingerprint density at radius 2 is 2.05 bits per heavy atom. The van der Waals surface area contributed by atoms with Gasteiger partial charge in [-0.1, -0.05) is 18.6 Å². The Morgan fingerprint density at radius 1 is 1.26 bits per heavy atom. The van der Waals surface area contributed by atoms with Gasteiger partial charge in [-0.15, -0.1) is 0 Å². The molecule has 3 rings (SSSR count). The molecule has 0 saturated carbocycles. The molecule has 0 aliphatic carbocycles. The summed E-state index contributed by atoms with van der Waals surface area (Å²) in [6, 6.07) is 6.40. The predicted molar refractivity (Wildman–Crippen MR) is 74.6 cm³/mol. The summed E-state index contributed by atoms with van der Waals surface area (Å²) in [6.45, 7) is 2.83. The number of nitrogens with two attached hydrogens (primary N) is 1. The highest BCUT2D eigenvalue weighted by molar-refractivity contribution is 5.49. The average Bonchev–Trinajstić information content (AvgIpc) is 2.47. The molecule has 0 amide bonds. The van der Waals surface area contributed by atoms with Crippen molar-refractivity contribution in [3.8, 4) is 11.5 Å². The van der Waals surface area contributed by atoms with Gasteiger partial charge in [0.05, 0.1) is 19.2 Å². The van der Waals surface area contributed by atoms with Crippen LogP contribution in [0.3, 0.4) is 0 Å². The zero-order valence-electron chi connectivity index (χ0n) is 11.5. The van der Waals surface area contributed by atoms with Gasteiger partial charge in [-0.05, 0) is 32.0 Å². The van der Waals surface area contributed by atoms with E-state index in [1.165, 1.54) is 24.8 Å². The number of para-hydroxylation sites is 1. The number of piperidine rings is 1. The monoisotopic (exact) mass is 262 g/mol. The number of ether oxygens (including phenoxy) is 2. The summed E-state index contributed by atoms with van der Waals surface area (Å²) >= 11 is 0. The molecular weight excluding hydrogens is 240 g/mol. The third kappa shape index (κ3) is 2.30. The summed E-state index contributed by atoms with van der Waals surface area (Å²) in [4.78, 5) is 2.51. The first-order valence-electron chi connectivity index (χ1n) is 7.10. The molecule has 2 aliphatic rings. The van der Waals surface area contributed by atoms with E-state index in [9.17, 15) is 0 Å². The van der Waals surface area contributed by atoms with E-state index in [0.717, 1.165) is 24.6 Å². The lowest BCUT2D eigenvalue weighted by molar-refractivity contribution is 0.0987. The van der Waals surface area contributed by atoms with Gasteiger partial charge in [-0.25, -0.2) is 0 Å². The van der Waals surface area contributed by atoms with E-state index < -0.39 is 0 Å². The van der Waals surface area contributed by atoms with E-state index in [1.54, 1.807) is 7.11 Å². The lowest BCUT2D eigenvalue weighted by Gasteiger charge is -2.41. The van der Waals surface area contributed by atoms with E-state index in [2.05, 4.69) is 11.0 Å². The summed E-state index contributed by atoms with van der Waals surface area (Å²) in [5.41, 5.74) is 7.49. The number of likely N-dealkylation sites (tertiary alicyclic amines) is 1. The molecule has 0 radical (unpaired) electrons. The van der Waals surface area contributed by atoms with Crippen LogP contribution >= 0.6 is 0 Å². The average molecular weight is 262 g/mol. The molecule has 2 N–H and O–H groups in total. The highest BCUT2D eigenvalue weighted by atomic mass is 16.5. The summed E-state index contributed by atoms with van der Waals surface area (Å²) in [6.07, 6.45) is 3.87. The second-order valence-electron chi connectivity index (χ2n) is 5.39. The Morgan fingerprint density at radius 3 is 2.79 bits per heavy atom. The van der Waals surface area contributed by atoms with Crippen molar-refractivity contribution in [1.82, 2.24) is 4.90 Å². The first-order chi connectivity index (χ1) is 9.31. The van der Waals surface area contributed by atoms with Gasteiger partial charge >= 0.3 is 0 Å². The molecule has 0 aromatic heterocycles. The van der Waals surface area contributed by atoms with Gasteiger partial charge in [0, 0.05) is 5.56 Å². The highest BCUT2D eigenvalue weighted by Crippen LogP contribution is 2.41. The van der Waals surface area contributed by atoms with Crippen molar-refractivity contribution in [2.75, 3.05) is 26.8 Å². The van der Waals surface area contributed by atoms with Gasteiger partial charge in [0.15, 0.2) is 11.5 Å². The molecule has 2 atom stereocenters. The van der Waals surface area contributed by atoms with E-state index in [-0.39, 0.29) is 12.1 Å². The van der Waals surface area contributed by atoms with Crippen LogP contribution in [0.4, 0.5) is 0 Å². The standard InChI is InChI=1S/C15H22N2O2/c1-18-13-7-5-6-11-14(12(16)10-19-15(11)13)17-8-3-2-4-9-17/h5-7,12,14H,2-4,8-10,16H2,1H3. The topological polar surface area (TPSA) is 47.7 Å². The van der Waals surface area contributed by atoms with Gasteiger partial charge < -0.3 is 15.2 Å². The van der Waals surface area contributed by atoms with E-state index in [4.69, 9.17) is 15.2 Å². The lowest BCUT2D eigenvalue weighted by Crippen LogP contribution is -2.48. The van der Waals surface area contributed by atoms with Gasteiger partial charge in [0.1, 0.15) is 6.61 Å². The molecule has 2 unspecified atom stereocenters. The maximum atomic E-state index is 6.31. The van der Waals surface area contributed by atoms with E-state index in [0.29, 0.717) is 6.61 Å². The van der Waals surface area contributed by atoms with Crippen molar-refractivity contribution in [2.45, 2.75) is 31.3 Å². The summed E-state index contributed by atoms with van der Waals surface area (Å²) in [7, 11) is 1.68. The second-order valence-corrected chi connectivity index (χ2v) is 5.39. The molecule has 2 heterocycles. The zero-order chi connectivity index (χ0) is 13.2. The molecular formula is C15H22N2O2. The maximum Gasteiger partial charge on any atom is 0.166 e. The van der Waals surface area contributed by atoms with Crippen molar-refractivity contribution >= 4 is 0 Å². The maximum absolute atomic E-state index is 6.31. The van der Waals surface area contributed by atoms with Crippen LogP contribution in [-0.4, -0.2) is 37.7 Å². The third-order valence-electron chi connectivity index (χ3n) is 4.16. The fourth-order valence-electron chi connectivity index (χ4n) is 3.25. The lowest BCUT2D eigenvalue weighted by atomic mass is 9.93. The van der Waals surface area contributed by atoms with Crippen molar-refractivity contribution in [2.24, 2.45) is 5.73 Å². The van der Waals surface area contributed by atoms with Crippen molar-refractivity contribution in [1.29, 1.82) is 0 Å².